The molecule has 166 valence electrons. The summed E-state index contributed by atoms with van der Waals surface area (Å²) in [5, 5.41) is 19.2. The van der Waals surface area contributed by atoms with Gasteiger partial charge in [0.15, 0.2) is 5.17 Å². The van der Waals surface area contributed by atoms with Crippen LogP contribution in [0.3, 0.4) is 0 Å². The zero-order valence-corrected chi connectivity index (χ0v) is 20.4. The van der Waals surface area contributed by atoms with Gasteiger partial charge in [-0.2, -0.15) is 0 Å². The molecule has 1 atom stereocenters. The normalized spacial score (nSPS) is 19.3. The van der Waals surface area contributed by atoms with Crippen LogP contribution < -0.4 is 0 Å². The van der Waals surface area contributed by atoms with Gasteiger partial charge in [0.2, 0.25) is 0 Å². The number of aliphatic imine (C=N–C) groups is 1. The predicted octanol–water partition coefficient (Wildman–Crippen LogP) is 5.02. The van der Waals surface area contributed by atoms with Crippen LogP contribution in [0.1, 0.15) is 5.56 Å². The second-order valence-corrected chi connectivity index (χ2v) is 15.6. The maximum Gasteiger partial charge on any atom is 0.415 e. The molecule has 11 heteroatoms. The molecule has 2 N–H and O–H groups in total. The highest BCUT2D eigenvalue weighted by Gasteiger charge is 2.39. The molecule has 0 aliphatic carbocycles. The lowest BCUT2D eigenvalue weighted by atomic mass is 9.90. The molecule has 0 spiro atoms. The number of carbonyl (C=O) groups is 1. The smallest absolute Gasteiger partial charge is 0.415 e. The summed E-state index contributed by atoms with van der Waals surface area (Å²) in [4.78, 5) is 17.2. The number of carboxylic acid groups (broad SMARTS) is 1. The van der Waals surface area contributed by atoms with Crippen LogP contribution in [0.2, 0.25) is 25.7 Å². The first-order chi connectivity index (χ1) is 14.0. The van der Waals surface area contributed by atoms with Crippen LogP contribution in [0.4, 0.5) is 13.6 Å². The highest BCUT2D eigenvalue weighted by atomic mass is 79.9. The standard InChI is InChI=1S/C19H25BrF2N2O4SSi/c1-30(2,3)7-6-28-12-24(18(26)27)17-23-19(11-21,9-14(10-25)29-17)15-8-13(20)4-5-16(15)22/h4-5,8-9,25H,6-7,10-12H2,1-3H3,(H,26,27). The van der Waals surface area contributed by atoms with Gasteiger partial charge in [0, 0.05) is 29.6 Å². The second kappa shape index (κ2) is 10.4. The molecule has 0 saturated heterocycles. The van der Waals surface area contributed by atoms with Gasteiger partial charge in [0.25, 0.3) is 0 Å². The summed E-state index contributed by atoms with van der Waals surface area (Å²) < 4.78 is 34.9. The minimum absolute atomic E-state index is 0.0619. The molecule has 6 nitrogen and oxygen atoms in total. The lowest BCUT2D eigenvalue weighted by Crippen LogP contribution is -2.41. The molecule has 1 amide bonds. The van der Waals surface area contributed by atoms with E-state index in [1.165, 1.54) is 24.3 Å². The third-order valence-corrected chi connectivity index (χ3v) is 7.55. The van der Waals surface area contributed by atoms with Crippen molar-refractivity contribution in [3.63, 3.8) is 0 Å². The fourth-order valence-corrected chi connectivity index (χ4v) is 4.79. The first kappa shape index (κ1) is 25.0. The summed E-state index contributed by atoms with van der Waals surface area (Å²) in [6, 6.07) is 4.89. The monoisotopic (exact) mass is 522 g/mol. The molecule has 1 aromatic rings. The minimum Gasteiger partial charge on any atom is -0.465 e. The van der Waals surface area contributed by atoms with E-state index in [1.807, 2.05) is 0 Å². The molecular formula is C19H25BrF2N2O4SSi. The summed E-state index contributed by atoms with van der Waals surface area (Å²) in [6.45, 7) is 5.03. The number of halogens is 3. The molecule has 0 aromatic heterocycles. The Morgan fingerprint density at radius 2 is 2.10 bits per heavy atom. The topological polar surface area (TPSA) is 82.4 Å². The lowest BCUT2D eigenvalue weighted by molar-refractivity contribution is 0.0704. The van der Waals surface area contributed by atoms with Crippen molar-refractivity contribution < 1.29 is 28.5 Å². The Kier molecular flexibility index (Phi) is 8.63. The predicted molar refractivity (Wildman–Crippen MR) is 121 cm³/mol. The maximum atomic E-state index is 14.6. The Hall–Kier alpha value is -1.27. The molecule has 30 heavy (non-hydrogen) atoms. The van der Waals surface area contributed by atoms with E-state index in [4.69, 9.17) is 4.74 Å². The summed E-state index contributed by atoms with van der Waals surface area (Å²) in [7, 11) is -1.36. The van der Waals surface area contributed by atoms with Gasteiger partial charge in [-0.3, -0.25) is 0 Å². The molecule has 0 bridgehead atoms. The van der Waals surface area contributed by atoms with Crippen LogP contribution in [0.25, 0.3) is 0 Å². The van der Waals surface area contributed by atoms with Crippen molar-refractivity contribution >= 4 is 47.0 Å². The molecule has 1 heterocycles. The summed E-state index contributed by atoms with van der Waals surface area (Å²) in [6.07, 6.45) is -0.00566. The molecule has 1 unspecified atom stereocenters. The van der Waals surface area contributed by atoms with Crippen molar-refractivity contribution in [1.82, 2.24) is 4.90 Å². The van der Waals surface area contributed by atoms with E-state index in [1.54, 1.807) is 0 Å². The van der Waals surface area contributed by atoms with Gasteiger partial charge in [-0.25, -0.2) is 23.5 Å². The Morgan fingerprint density at radius 1 is 1.40 bits per heavy atom. The van der Waals surface area contributed by atoms with Crippen molar-refractivity contribution in [2.24, 2.45) is 4.99 Å². The Balaban J connectivity index is 2.40. The number of nitrogens with zero attached hydrogens (tertiary/aromatic N) is 2. The summed E-state index contributed by atoms with van der Waals surface area (Å²) in [5.41, 5.74) is -1.86. The lowest BCUT2D eigenvalue weighted by Gasteiger charge is -2.33. The van der Waals surface area contributed by atoms with E-state index in [0.29, 0.717) is 11.1 Å². The molecule has 0 fully saturated rings. The largest absolute Gasteiger partial charge is 0.465 e. The SMILES string of the molecule is C[Si](C)(C)CCOCN(C(=O)O)C1=NC(CF)(c2cc(Br)ccc2F)C=C(CO)S1. The van der Waals surface area contributed by atoms with Gasteiger partial charge < -0.3 is 14.9 Å². The molecule has 1 aliphatic rings. The van der Waals surface area contributed by atoms with Crippen molar-refractivity contribution in [2.75, 3.05) is 26.6 Å². The number of alkyl halides is 1. The first-order valence-electron chi connectivity index (χ1n) is 9.21. The molecular weight excluding hydrogens is 498 g/mol. The average Bonchev–Trinajstić information content (AvgIpc) is 2.68. The minimum atomic E-state index is -1.79. The second-order valence-electron chi connectivity index (χ2n) is 8.01. The Morgan fingerprint density at radius 3 is 2.67 bits per heavy atom. The van der Waals surface area contributed by atoms with Crippen LogP contribution >= 0.6 is 27.7 Å². The molecule has 0 saturated carbocycles. The number of ether oxygens (including phenoxy) is 1. The number of hydrogen-bond acceptors (Lipinski definition) is 5. The average molecular weight is 523 g/mol. The zero-order chi connectivity index (χ0) is 22.5. The molecule has 1 aromatic carbocycles. The van der Waals surface area contributed by atoms with Crippen LogP contribution in [-0.4, -0.2) is 61.1 Å². The number of rotatable bonds is 8. The van der Waals surface area contributed by atoms with E-state index < -0.39 is 38.8 Å². The van der Waals surface area contributed by atoms with Crippen LogP contribution in [0.5, 0.6) is 0 Å². The number of thioether (sulfide) groups is 1. The highest BCUT2D eigenvalue weighted by Crippen LogP contribution is 2.40. The van der Waals surface area contributed by atoms with Gasteiger partial charge in [-0.1, -0.05) is 47.3 Å². The third-order valence-electron chi connectivity index (χ3n) is 4.35. The van der Waals surface area contributed by atoms with Gasteiger partial charge in [-0.15, -0.1) is 0 Å². The number of amides is 1. The zero-order valence-electron chi connectivity index (χ0n) is 17.0. The first-order valence-corrected chi connectivity index (χ1v) is 14.5. The van der Waals surface area contributed by atoms with E-state index >= 15 is 0 Å². The summed E-state index contributed by atoms with van der Waals surface area (Å²) >= 11 is 4.13. The summed E-state index contributed by atoms with van der Waals surface area (Å²) in [5.74, 6) is -0.687. The third kappa shape index (κ3) is 6.36. The van der Waals surface area contributed by atoms with Gasteiger partial charge in [0.1, 0.15) is 24.8 Å². The number of benzene rings is 1. The van der Waals surface area contributed by atoms with Crippen LogP contribution in [0.15, 0.2) is 38.6 Å². The maximum absolute atomic E-state index is 14.6. The Labute approximate surface area is 188 Å². The number of hydrogen-bond donors (Lipinski definition) is 2. The van der Waals surface area contributed by atoms with E-state index in [9.17, 15) is 23.8 Å². The van der Waals surface area contributed by atoms with E-state index in [2.05, 4.69) is 40.6 Å². The van der Waals surface area contributed by atoms with Crippen molar-refractivity contribution in [2.45, 2.75) is 31.2 Å². The number of aliphatic hydroxyl groups is 1. The van der Waals surface area contributed by atoms with Gasteiger partial charge >= 0.3 is 6.09 Å². The molecule has 1 aliphatic heterocycles. The van der Waals surface area contributed by atoms with Crippen molar-refractivity contribution in [1.29, 1.82) is 0 Å². The van der Waals surface area contributed by atoms with Gasteiger partial charge in [-0.05, 0) is 30.3 Å². The molecule has 2 rings (SSSR count). The fourth-order valence-electron chi connectivity index (χ4n) is 2.67. The quantitative estimate of drug-likeness (QED) is 0.284. The van der Waals surface area contributed by atoms with E-state index in [-0.39, 0.29) is 22.4 Å². The Bertz CT molecular complexity index is 850. The molecule has 0 radical (unpaired) electrons. The van der Waals surface area contributed by atoms with Crippen LogP contribution in [-0.2, 0) is 10.3 Å². The number of amidine groups is 1. The number of aliphatic hydroxyl groups excluding tert-OH is 1. The van der Waals surface area contributed by atoms with Crippen LogP contribution in [0, 0.1) is 5.82 Å². The van der Waals surface area contributed by atoms with Crippen molar-refractivity contribution in [3.8, 4) is 0 Å². The highest BCUT2D eigenvalue weighted by molar-refractivity contribution is 9.10. The van der Waals surface area contributed by atoms with Gasteiger partial charge in [0.05, 0.1) is 6.61 Å². The van der Waals surface area contributed by atoms with Crippen molar-refractivity contribution in [3.05, 3.63) is 45.0 Å². The fraction of sp³-hybridized carbons (Fsp3) is 0.474. The van der Waals surface area contributed by atoms with E-state index in [0.717, 1.165) is 22.7 Å².